The first-order valence-corrected chi connectivity index (χ1v) is 10.4. The van der Waals surface area contributed by atoms with E-state index in [2.05, 4.69) is 10.0 Å². The van der Waals surface area contributed by atoms with Crippen LogP contribution >= 0.6 is 0 Å². The molecule has 1 saturated heterocycles. The Hall–Kier alpha value is -1.96. The van der Waals surface area contributed by atoms with Crippen molar-refractivity contribution in [1.82, 2.24) is 14.9 Å². The molecule has 0 saturated carbocycles. The fraction of sp³-hybridized carbons (Fsp3) is 0.421. The Morgan fingerprint density at radius 2 is 1.92 bits per heavy atom. The smallest absolute Gasteiger partial charge is 0.240 e. The van der Waals surface area contributed by atoms with E-state index in [9.17, 15) is 13.2 Å². The number of rotatable bonds is 5. The Labute approximate surface area is 154 Å². The van der Waals surface area contributed by atoms with Gasteiger partial charge in [-0.15, -0.1) is 0 Å². The van der Waals surface area contributed by atoms with Gasteiger partial charge in [0.1, 0.15) is 0 Å². The van der Waals surface area contributed by atoms with Gasteiger partial charge in [0.05, 0.1) is 4.90 Å². The van der Waals surface area contributed by atoms with Crippen LogP contribution < -0.4 is 10.0 Å². The summed E-state index contributed by atoms with van der Waals surface area (Å²) >= 11 is 0. The lowest BCUT2D eigenvalue weighted by atomic mass is 10.1. The van der Waals surface area contributed by atoms with Gasteiger partial charge in [-0.05, 0) is 36.8 Å². The molecule has 2 aromatic rings. The van der Waals surface area contributed by atoms with Crippen molar-refractivity contribution >= 4 is 26.7 Å². The van der Waals surface area contributed by atoms with Crippen LogP contribution in [0, 0.1) is 0 Å². The van der Waals surface area contributed by atoms with E-state index in [-0.39, 0.29) is 35.9 Å². The van der Waals surface area contributed by atoms with Crippen molar-refractivity contribution in [2.24, 2.45) is 0 Å². The van der Waals surface area contributed by atoms with E-state index < -0.39 is 10.0 Å². The highest BCUT2D eigenvalue weighted by molar-refractivity contribution is 7.89. The van der Waals surface area contributed by atoms with Crippen LogP contribution in [0.25, 0.3) is 10.8 Å². The summed E-state index contributed by atoms with van der Waals surface area (Å²) in [4.78, 5) is 14.5. The van der Waals surface area contributed by atoms with Gasteiger partial charge in [-0.1, -0.05) is 30.3 Å². The summed E-state index contributed by atoms with van der Waals surface area (Å²) < 4.78 is 27.6. The predicted molar refractivity (Wildman–Crippen MR) is 102 cm³/mol. The van der Waals surface area contributed by atoms with Gasteiger partial charge in [0.2, 0.25) is 15.9 Å². The number of sulfonamides is 1. The summed E-state index contributed by atoms with van der Waals surface area (Å²) in [6.45, 7) is 5.57. The number of carbonyl (C=O) groups is 1. The van der Waals surface area contributed by atoms with Crippen LogP contribution in [-0.4, -0.2) is 50.9 Å². The molecular weight excluding hydrogens is 350 g/mol. The van der Waals surface area contributed by atoms with Gasteiger partial charge in [0.25, 0.3) is 0 Å². The van der Waals surface area contributed by atoms with Crippen LogP contribution in [0.1, 0.15) is 20.3 Å². The minimum absolute atomic E-state index is 0.0212. The molecule has 6 nitrogen and oxygen atoms in total. The van der Waals surface area contributed by atoms with Crippen molar-refractivity contribution in [3.05, 3.63) is 42.5 Å². The molecule has 0 spiro atoms. The third-order valence-electron chi connectivity index (χ3n) is 5.02. The van der Waals surface area contributed by atoms with E-state index in [1.807, 2.05) is 43.0 Å². The Balaban J connectivity index is 1.61. The molecular formula is C19H25N3O3S. The van der Waals surface area contributed by atoms with Crippen LogP contribution in [0.3, 0.4) is 0 Å². The Kier molecular flexibility index (Phi) is 5.60. The van der Waals surface area contributed by atoms with Gasteiger partial charge in [-0.3, -0.25) is 4.79 Å². The molecule has 2 N–H and O–H groups in total. The number of fused-ring (bicyclic) bond motifs is 1. The van der Waals surface area contributed by atoms with Crippen LogP contribution in [0.15, 0.2) is 47.4 Å². The second-order valence-electron chi connectivity index (χ2n) is 6.73. The molecule has 2 unspecified atom stereocenters. The zero-order valence-corrected chi connectivity index (χ0v) is 15.9. The van der Waals surface area contributed by atoms with Crippen molar-refractivity contribution < 1.29 is 13.2 Å². The van der Waals surface area contributed by atoms with E-state index in [1.165, 1.54) is 0 Å². The highest BCUT2D eigenvalue weighted by atomic mass is 32.2. The molecule has 7 heteroatoms. The number of hydrogen-bond donors (Lipinski definition) is 2. The van der Waals surface area contributed by atoms with Gasteiger partial charge in [0, 0.05) is 38.1 Å². The quantitative estimate of drug-likeness (QED) is 0.834. The van der Waals surface area contributed by atoms with Crippen molar-refractivity contribution in [1.29, 1.82) is 0 Å². The highest BCUT2D eigenvalue weighted by Crippen LogP contribution is 2.19. The van der Waals surface area contributed by atoms with Gasteiger partial charge in [0.15, 0.2) is 0 Å². The summed E-state index contributed by atoms with van der Waals surface area (Å²) in [7, 11) is -3.64. The maximum absolute atomic E-state index is 12.5. The molecule has 3 rings (SSSR count). The zero-order chi connectivity index (χ0) is 18.7. The van der Waals surface area contributed by atoms with Crippen molar-refractivity contribution in [2.75, 3.05) is 19.6 Å². The third-order valence-corrected chi connectivity index (χ3v) is 6.48. The van der Waals surface area contributed by atoms with E-state index in [4.69, 9.17) is 0 Å². The molecule has 0 radical (unpaired) electrons. The number of nitrogens with zero attached hydrogens (tertiary/aromatic N) is 1. The minimum Gasteiger partial charge on any atom is -0.337 e. The van der Waals surface area contributed by atoms with Gasteiger partial charge in [-0.25, -0.2) is 13.1 Å². The Morgan fingerprint density at radius 3 is 2.69 bits per heavy atom. The fourth-order valence-electron chi connectivity index (χ4n) is 3.26. The number of hydrogen-bond acceptors (Lipinski definition) is 4. The standard InChI is InChI=1S/C19H25N3O3S/c1-14-15(2)22(12-11-20-14)19(23)9-10-21-26(24,25)18-8-7-16-5-3-4-6-17(16)13-18/h3-8,13-15,20-21H,9-12H2,1-2H3. The number of carbonyl (C=O) groups excluding carboxylic acids is 1. The summed E-state index contributed by atoms with van der Waals surface area (Å²) in [6.07, 6.45) is 0.157. The second kappa shape index (κ2) is 7.73. The van der Waals surface area contributed by atoms with Gasteiger partial charge < -0.3 is 10.2 Å². The normalized spacial score (nSPS) is 21.1. The minimum atomic E-state index is -3.64. The van der Waals surface area contributed by atoms with E-state index in [0.29, 0.717) is 6.54 Å². The lowest BCUT2D eigenvalue weighted by Gasteiger charge is -2.38. The Bertz CT molecular complexity index is 898. The van der Waals surface area contributed by atoms with Crippen molar-refractivity contribution in [3.63, 3.8) is 0 Å². The lowest BCUT2D eigenvalue weighted by Crippen LogP contribution is -2.57. The molecule has 1 aliphatic rings. The predicted octanol–water partition coefficient (Wildman–Crippen LogP) is 1.72. The van der Waals surface area contributed by atoms with E-state index in [1.54, 1.807) is 18.2 Å². The number of benzene rings is 2. The first-order chi connectivity index (χ1) is 12.4. The largest absolute Gasteiger partial charge is 0.337 e. The average molecular weight is 375 g/mol. The van der Waals surface area contributed by atoms with Crippen LogP contribution in [0.2, 0.25) is 0 Å². The third kappa shape index (κ3) is 4.06. The molecule has 0 aliphatic carbocycles. The second-order valence-corrected chi connectivity index (χ2v) is 8.49. The molecule has 140 valence electrons. The Morgan fingerprint density at radius 1 is 1.19 bits per heavy atom. The SMILES string of the molecule is CC1NCCN(C(=O)CCNS(=O)(=O)c2ccc3ccccc3c2)C1C. The van der Waals surface area contributed by atoms with Gasteiger partial charge in [-0.2, -0.15) is 0 Å². The molecule has 1 fully saturated rings. The number of nitrogens with one attached hydrogen (secondary N) is 2. The highest BCUT2D eigenvalue weighted by Gasteiger charge is 2.27. The van der Waals surface area contributed by atoms with Crippen LogP contribution in [-0.2, 0) is 14.8 Å². The fourth-order valence-corrected chi connectivity index (χ4v) is 4.33. The topological polar surface area (TPSA) is 78.5 Å². The average Bonchev–Trinajstić information content (AvgIpc) is 2.63. The first-order valence-electron chi connectivity index (χ1n) is 8.90. The monoisotopic (exact) mass is 375 g/mol. The summed E-state index contributed by atoms with van der Waals surface area (Å²) in [6, 6.07) is 13.0. The summed E-state index contributed by atoms with van der Waals surface area (Å²) in [5, 5.41) is 5.19. The molecule has 1 aliphatic heterocycles. The van der Waals surface area contributed by atoms with Crippen LogP contribution in [0.4, 0.5) is 0 Å². The zero-order valence-electron chi connectivity index (χ0n) is 15.1. The molecule has 1 heterocycles. The molecule has 26 heavy (non-hydrogen) atoms. The molecule has 2 aromatic carbocycles. The van der Waals surface area contributed by atoms with E-state index in [0.717, 1.165) is 17.3 Å². The number of piperazine rings is 1. The van der Waals surface area contributed by atoms with Crippen molar-refractivity contribution in [3.8, 4) is 0 Å². The molecule has 0 bridgehead atoms. The maximum atomic E-state index is 12.5. The lowest BCUT2D eigenvalue weighted by molar-refractivity contribution is -0.134. The molecule has 2 atom stereocenters. The summed E-state index contributed by atoms with van der Waals surface area (Å²) in [5.74, 6) is -0.0212. The van der Waals surface area contributed by atoms with E-state index >= 15 is 0 Å². The van der Waals surface area contributed by atoms with Gasteiger partial charge >= 0.3 is 0 Å². The summed E-state index contributed by atoms with van der Waals surface area (Å²) in [5.41, 5.74) is 0. The number of amides is 1. The van der Waals surface area contributed by atoms with Crippen LogP contribution in [0.5, 0.6) is 0 Å². The maximum Gasteiger partial charge on any atom is 0.240 e. The first kappa shape index (κ1) is 18.8. The van der Waals surface area contributed by atoms with Crippen molar-refractivity contribution in [2.45, 2.75) is 37.2 Å². The molecule has 1 amide bonds. The molecule has 0 aromatic heterocycles.